The summed E-state index contributed by atoms with van der Waals surface area (Å²) in [5.41, 5.74) is -0.503. The fourth-order valence-electron chi connectivity index (χ4n) is 2.78. The lowest BCUT2D eigenvalue weighted by molar-refractivity contribution is 0.321. The molecule has 1 aliphatic rings. The lowest BCUT2D eigenvalue weighted by Crippen LogP contribution is -2.33. The molecule has 0 amide bonds. The summed E-state index contributed by atoms with van der Waals surface area (Å²) >= 11 is 0. The SMILES string of the molecule is CC1(C)OC1CC(S(=O)(=O)c1ccccc1)S(=O)(=O)c1ccccc1. The van der Waals surface area contributed by atoms with Crippen molar-refractivity contribution in [2.24, 2.45) is 0 Å². The van der Waals surface area contributed by atoms with Crippen molar-refractivity contribution >= 4 is 19.7 Å². The molecule has 0 bridgehead atoms. The summed E-state index contributed by atoms with van der Waals surface area (Å²) < 4.78 is 56.2. The predicted molar refractivity (Wildman–Crippen MR) is 94.6 cm³/mol. The van der Waals surface area contributed by atoms with E-state index < -0.39 is 36.0 Å². The van der Waals surface area contributed by atoms with E-state index in [1.165, 1.54) is 24.3 Å². The van der Waals surface area contributed by atoms with Gasteiger partial charge in [0.1, 0.15) is 0 Å². The van der Waals surface area contributed by atoms with E-state index in [1.54, 1.807) is 36.4 Å². The van der Waals surface area contributed by atoms with E-state index in [9.17, 15) is 16.8 Å². The van der Waals surface area contributed by atoms with Gasteiger partial charge in [-0.2, -0.15) is 0 Å². The summed E-state index contributed by atoms with van der Waals surface area (Å²) in [7, 11) is -8.16. The highest BCUT2D eigenvalue weighted by Gasteiger charge is 2.53. The van der Waals surface area contributed by atoms with E-state index in [2.05, 4.69) is 0 Å². The topological polar surface area (TPSA) is 80.8 Å². The lowest BCUT2D eigenvalue weighted by atomic mass is 10.1. The maximum atomic E-state index is 13.1. The fraction of sp³-hybridized carbons (Fsp3) is 0.333. The van der Waals surface area contributed by atoms with Crippen molar-refractivity contribution in [1.29, 1.82) is 0 Å². The molecule has 1 atom stereocenters. The summed E-state index contributed by atoms with van der Waals surface area (Å²) in [5.74, 6) is 0. The number of epoxide rings is 1. The van der Waals surface area contributed by atoms with E-state index in [0.717, 1.165) is 0 Å². The first kappa shape index (κ1) is 18.1. The quantitative estimate of drug-likeness (QED) is 0.720. The third-order valence-corrected chi connectivity index (χ3v) is 9.55. The van der Waals surface area contributed by atoms with Gasteiger partial charge in [-0.25, -0.2) is 16.8 Å². The molecule has 1 unspecified atom stereocenters. The standard InChI is InChI=1S/C18H20O5S2/c1-18(2)16(23-18)13-17(24(19,20)14-9-5-3-6-10-14)25(21,22)15-11-7-4-8-12-15/h3-12,16-17H,13H2,1-2H3. The van der Waals surface area contributed by atoms with Gasteiger partial charge in [0.25, 0.3) is 0 Å². The Bertz CT molecular complexity index is 880. The van der Waals surface area contributed by atoms with Gasteiger partial charge >= 0.3 is 0 Å². The second-order valence-corrected chi connectivity index (χ2v) is 11.2. The van der Waals surface area contributed by atoms with Crippen LogP contribution in [0.3, 0.4) is 0 Å². The van der Waals surface area contributed by atoms with Crippen molar-refractivity contribution in [3.63, 3.8) is 0 Å². The highest BCUT2D eigenvalue weighted by Crippen LogP contribution is 2.42. The highest BCUT2D eigenvalue weighted by atomic mass is 32.3. The van der Waals surface area contributed by atoms with E-state index in [1.807, 2.05) is 13.8 Å². The van der Waals surface area contributed by atoms with Crippen molar-refractivity contribution < 1.29 is 21.6 Å². The third kappa shape index (κ3) is 3.49. The molecule has 1 fully saturated rings. The molecule has 0 N–H and O–H groups in total. The minimum Gasteiger partial charge on any atom is -0.367 e. The fourth-order valence-corrected chi connectivity index (χ4v) is 7.32. The molecule has 0 radical (unpaired) electrons. The second kappa shape index (κ2) is 6.23. The largest absolute Gasteiger partial charge is 0.367 e. The average molecular weight is 380 g/mol. The molecule has 1 saturated heterocycles. The van der Waals surface area contributed by atoms with Crippen LogP contribution in [0, 0.1) is 0 Å². The number of ether oxygens (including phenoxy) is 1. The van der Waals surface area contributed by atoms with Crippen LogP contribution >= 0.6 is 0 Å². The molecular weight excluding hydrogens is 360 g/mol. The van der Waals surface area contributed by atoms with Crippen molar-refractivity contribution in [3.8, 4) is 0 Å². The molecule has 0 aromatic heterocycles. The summed E-state index contributed by atoms with van der Waals surface area (Å²) in [4.78, 5) is -0.00377. The maximum Gasteiger partial charge on any atom is 0.196 e. The van der Waals surface area contributed by atoms with Gasteiger partial charge in [0.05, 0.1) is 21.5 Å². The average Bonchev–Trinajstić information content (AvgIpc) is 3.20. The Labute approximate surface area is 148 Å². The van der Waals surface area contributed by atoms with Crippen LogP contribution in [0.1, 0.15) is 20.3 Å². The normalized spacial score (nSPS) is 19.7. The second-order valence-electron chi connectivity index (χ2n) is 6.59. The Morgan fingerprint density at radius 2 is 1.20 bits per heavy atom. The molecule has 1 aliphatic heterocycles. The van der Waals surface area contributed by atoms with Crippen LogP contribution in [0.2, 0.25) is 0 Å². The molecule has 2 aromatic rings. The number of benzene rings is 2. The first-order valence-electron chi connectivity index (χ1n) is 7.91. The van der Waals surface area contributed by atoms with E-state index in [4.69, 9.17) is 4.74 Å². The van der Waals surface area contributed by atoms with Crippen LogP contribution < -0.4 is 0 Å². The van der Waals surface area contributed by atoms with Crippen molar-refractivity contribution in [3.05, 3.63) is 60.7 Å². The van der Waals surface area contributed by atoms with E-state index in [0.29, 0.717) is 0 Å². The Morgan fingerprint density at radius 3 is 1.52 bits per heavy atom. The predicted octanol–water partition coefficient (Wildman–Crippen LogP) is 2.83. The van der Waals surface area contributed by atoms with Gasteiger partial charge in [-0.15, -0.1) is 0 Å². The molecule has 2 aromatic carbocycles. The molecular formula is C18H20O5S2. The molecule has 0 saturated carbocycles. The number of hydrogen-bond acceptors (Lipinski definition) is 5. The molecule has 134 valence electrons. The zero-order valence-corrected chi connectivity index (χ0v) is 15.6. The number of rotatable bonds is 6. The minimum absolute atomic E-state index is 0.00189. The van der Waals surface area contributed by atoms with Crippen LogP contribution in [0.5, 0.6) is 0 Å². The summed E-state index contributed by atoms with van der Waals surface area (Å²) in [6.45, 7) is 3.64. The van der Waals surface area contributed by atoms with Gasteiger partial charge in [0.2, 0.25) is 0 Å². The van der Waals surface area contributed by atoms with Crippen LogP contribution in [0.15, 0.2) is 70.5 Å². The van der Waals surface area contributed by atoms with E-state index >= 15 is 0 Å². The zero-order valence-electron chi connectivity index (χ0n) is 14.0. The molecule has 3 rings (SSSR count). The maximum absolute atomic E-state index is 13.1. The Morgan fingerprint density at radius 1 is 0.840 bits per heavy atom. The number of hydrogen-bond donors (Lipinski definition) is 0. The lowest BCUT2D eigenvalue weighted by Gasteiger charge is -2.18. The minimum atomic E-state index is -4.08. The van der Waals surface area contributed by atoms with Crippen molar-refractivity contribution in [1.82, 2.24) is 0 Å². The Balaban J connectivity index is 2.08. The van der Waals surface area contributed by atoms with E-state index in [-0.39, 0.29) is 16.2 Å². The molecule has 0 aliphatic carbocycles. The molecule has 5 nitrogen and oxygen atoms in total. The van der Waals surface area contributed by atoms with Gasteiger partial charge in [-0.1, -0.05) is 36.4 Å². The first-order valence-corrected chi connectivity index (χ1v) is 11.0. The van der Waals surface area contributed by atoms with Crippen molar-refractivity contribution in [2.75, 3.05) is 0 Å². The summed E-state index contributed by atoms with van der Waals surface area (Å²) in [6.07, 6.45) is -0.504. The van der Waals surface area contributed by atoms with Crippen LogP contribution in [0.25, 0.3) is 0 Å². The van der Waals surface area contributed by atoms with Gasteiger partial charge < -0.3 is 4.74 Å². The van der Waals surface area contributed by atoms with Gasteiger partial charge in [-0.3, -0.25) is 0 Å². The first-order chi connectivity index (χ1) is 11.7. The summed E-state index contributed by atoms with van der Waals surface area (Å²) in [5, 5.41) is 0. The van der Waals surface area contributed by atoms with Gasteiger partial charge in [-0.05, 0) is 38.1 Å². The zero-order chi connectivity index (χ0) is 18.3. The molecule has 1 heterocycles. The Hall–Kier alpha value is -1.70. The van der Waals surface area contributed by atoms with Crippen molar-refractivity contribution in [2.45, 2.75) is 46.3 Å². The van der Waals surface area contributed by atoms with Crippen LogP contribution in [-0.4, -0.2) is 33.1 Å². The van der Waals surface area contributed by atoms with Gasteiger partial charge in [0.15, 0.2) is 24.3 Å². The molecule has 25 heavy (non-hydrogen) atoms. The Kier molecular flexibility index (Phi) is 4.51. The number of sulfone groups is 2. The van der Waals surface area contributed by atoms with Crippen LogP contribution in [0.4, 0.5) is 0 Å². The molecule has 0 spiro atoms. The highest BCUT2D eigenvalue weighted by molar-refractivity contribution is 8.09. The summed E-state index contributed by atoms with van der Waals surface area (Å²) in [6, 6.07) is 15.4. The van der Waals surface area contributed by atoms with Gasteiger partial charge in [0, 0.05) is 6.42 Å². The third-order valence-electron chi connectivity index (χ3n) is 4.41. The smallest absolute Gasteiger partial charge is 0.196 e. The molecule has 7 heteroatoms. The van der Waals surface area contributed by atoms with Crippen LogP contribution in [-0.2, 0) is 24.4 Å². The monoisotopic (exact) mass is 380 g/mol.